The molecule has 10 rings (SSSR count). The predicted octanol–water partition coefficient (Wildman–Crippen LogP) is 12.6. The van der Waals surface area contributed by atoms with Crippen LogP contribution in [0.2, 0.25) is 0 Å². The summed E-state index contributed by atoms with van der Waals surface area (Å²) < 4.78 is 5.02. The summed E-state index contributed by atoms with van der Waals surface area (Å²) >= 11 is 1.86. The molecule has 4 heterocycles. The van der Waals surface area contributed by atoms with Gasteiger partial charge in [0.05, 0.1) is 33.8 Å². The third kappa shape index (κ3) is 4.80. The van der Waals surface area contributed by atoms with Gasteiger partial charge in [-0.25, -0.2) is 4.98 Å². The van der Waals surface area contributed by atoms with E-state index >= 15 is 0 Å². The number of benzene rings is 6. The molecular weight excluding hydrogens is 627 g/mol. The van der Waals surface area contributed by atoms with Gasteiger partial charge in [0.15, 0.2) is 0 Å². The minimum Gasteiger partial charge on any atom is -0.309 e. The van der Waals surface area contributed by atoms with Gasteiger partial charge in [0.2, 0.25) is 0 Å². The largest absolute Gasteiger partial charge is 0.309 e. The van der Waals surface area contributed by atoms with Crippen LogP contribution in [0.25, 0.3) is 92.6 Å². The molecule has 3 nitrogen and oxygen atoms in total. The summed E-state index contributed by atoms with van der Waals surface area (Å²) in [6.07, 6.45) is 1.85. The molecule has 0 spiro atoms. The highest BCUT2D eigenvalue weighted by molar-refractivity contribution is 7.25. The van der Waals surface area contributed by atoms with E-state index in [0.29, 0.717) is 0 Å². The summed E-state index contributed by atoms with van der Waals surface area (Å²) in [7, 11) is 0. The Hall–Kier alpha value is -6.36. The number of hydrogen-bond acceptors (Lipinski definition) is 3. The number of pyridine rings is 2. The average molecular weight is 656 g/mol. The van der Waals surface area contributed by atoms with Crippen molar-refractivity contribution in [1.29, 1.82) is 0 Å². The van der Waals surface area contributed by atoms with Crippen LogP contribution in [-0.4, -0.2) is 14.5 Å². The average Bonchev–Trinajstić information content (AvgIpc) is 3.72. The number of hydrogen-bond donors (Lipinski definition) is 0. The van der Waals surface area contributed by atoms with E-state index in [2.05, 4.69) is 167 Å². The molecule has 50 heavy (non-hydrogen) atoms. The van der Waals surface area contributed by atoms with Crippen LogP contribution in [0.1, 0.15) is 0 Å². The summed E-state index contributed by atoms with van der Waals surface area (Å²) in [5.41, 5.74) is 11.9. The van der Waals surface area contributed by atoms with Crippen molar-refractivity contribution in [3.05, 3.63) is 176 Å². The minimum atomic E-state index is 0.947. The van der Waals surface area contributed by atoms with Crippen LogP contribution >= 0.6 is 11.3 Å². The molecule has 0 atom stereocenters. The van der Waals surface area contributed by atoms with Gasteiger partial charge in [0.25, 0.3) is 0 Å². The highest BCUT2D eigenvalue weighted by atomic mass is 32.1. The van der Waals surface area contributed by atoms with E-state index in [4.69, 9.17) is 4.98 Å². The fourth-order valence-corrected chi connectivity index (χ4v) is 8.37. The maximum absolute atomic E-state index is 5.19. The van der Waals surface area contributed by atoms with Gasteiger partial charge in [-0.05, 0) is 71.8 Å². The lowest BCUT2D eigenvalue weighted by Crippen LogP contribution is -1.98. The molecule has 0 aliphatic heterocycles. The Morgan fingerprint density at radius 2 is 1.04 bits per heavy atom. The molecule has 0 fully saturated rings. The second-order valence-corrected chi connectivity index (χ2v) is 13.7. The fraction of sp³-hybridized carbons (Fsp3) is 0. The summed E-state index contributed by atoms with van der Waals surface area (Å²) in [6, 6.07) is 60.6. The summed E-state index contributed by atoms with van der Waals surface area (Å²) in [4.78, 5) is 9.80. The summed E-state index contributed by atoms with van der Waals surface area (Å²) in [5.74, 6) is 0. The molecule has 0 saturated heterocycles. The second kappa shape index (κ2) is 11.7. The first kappa shape index (κ1) is 28.6. The Bertz CT molecular complexity index is 2800. The van der Waals surface area contributed by atoms with Gasteiger partial charge in [-0.2, -0.15) is 0 Å². The molecule has 0 amide bonds. The number of rotatable bonds is 5. The van der Waals surface area contributed by atoms with Crippen molar-refractivity contribution in [2.75, 3.05) is 0 Å². The Morgan fingerprint density at radius 1 is 0.380 bits per heavy atom. The van der Waals surface area contributed by atoms with Gasteiger partial charge in [0.1, 0.15) is 0 Å². The molecule has 6 aromatic carbocycles. The van der Waals surface area contributed by atoms with Crippen LogP contribution in [0.4, 0.5) is 0 Å². The maximum Gasteiger partial charge on any atom is 0.0730 e. The van der Waals surface area contributed by atoms with Crippen molar-refractivity contribution < 1.29 is 0 Å². The van der Waals surface area contributed by atoms with E-state index in [9.17, 15) is 0 Å². The number of fused-ring (bicyclic) bond motifs is 6. The lowest BCUT2D eigenvalue weighted by Gasteiger charge is -2.13. The SMILES string of the molecule is c1ccc(-c2cc(-n3c4ccc(-c5cccc(-c6ccccn6)c5)cc4c4cc5c(cc43)sc3ccccc35)cc(-c3ccccc3)n2)cc1. The maximum atomic E-state index is 5.19. The molecule has 0 saturated carbocycles. The fourth-order valence-electron chi connectivity index (χ4n) is 7.25. The molecule has 0 aliphatic carbocycles. The first-order valence-electron chi connectivity index (χ1n) is 16.8. The molecule has 0 N–H and O–H groups in total. The molecule has 0 radical (unpaired) electrons. The van der Waals surface area contributed by atoms with Gasteiger partial charge >= 0.3 is 0 Å². The third-order valence-electron chi connectivity index (χ3n) is 9.63. The minimum absolute atomic E-state index is 0.947. The Morgan fingerprint density at radius 3 is 1.80 bits per heavy atom. The van der Waals surface area contributed by atoms with E-state index in [1.165, 1.54) is 47.6 Å². The predicted molar refractivity (Wildman–Crippen MR) is 211 cm³/mol. The van der Waals surface area contributed by atoms with Crippen molar-refractivity contribution >= 4 is 53.3 Å². The number of thiophene rings is 1. The molecule has 0 aliphatic rings. The van der Waals surface area contributed by atoms with Crippen molar-refractivity contribution in [2.45, 2.75) is 0 Å². The topological polar surface area (TPSA) is 30.7 Å². The van der Waals surface area contributed by atoms with Gasteiger partial charge in [0, 0.05) is 53.8 Å². The van der Waals surface area contributed by atoms with Crippen molar-refractivity contribution in [2.24, 2.45) is 0 Å². The second-order valence-electron chi connectivity index (χ2n) is 12.7. The molecule has 234 valence electrons. The highest BCUT2D eigenvalue weighted by Gasteiger charge is 2.18. The lowest BCUT2D eigenvalue weighted by molar-refractivity contribution is 1.16. The summed E-state index contributed by atoms with van der Waals surface area (Å²) in [6.45, 7) is 0. The van der Waals surface area contributed by atoms with E-state index in [0.717, 1.165) is 45.0 Å². The Balaban J connectivity index is 1.26. The molecule has 0 unspecified atom stereocenters. The smallest absolute Gasteiger partial charge is 0.0730 e. The van der Waals surface area contributed by atoms with Crippen molar-refractivity contribution in [3.8, 4) is 50.6 Å². The molecule has 0 bridgehead atoms. The Kier molecular flexibility index (Phi) is 6.68. The lowest BCUT2D eigenvalue weighted by atomic mass is 9.99. The number of nitrogens with zero attached hydrogens (tertiary/aromatic N) is 3. The van der Waals surface area contributed by atoms with Gasteiger partial charge in [-0.15, -0.1) is 11.3 Å². The van der Waals surface area contributed by atoms with Crippen LogP contribution in [0.5, 0.6) is 0 Å². The zero-order valence-corrected chi connectivity index (χ0v) is 27.8. The van der Waals surface area contributed by atoms with Crippen LogP contribution < -0.4 is 0 Å². The van der Waals surface area contributed by atoms with Crippen LogP contribution in [0.15, 0.2) is 176 Å². The van der Waals surface area contributed by atoms with Crippen molar-refractivity contribution in [1.82, 2.24) is 14.5 Å². The summed E-state index contributed by atoms with van der Waals surface area (Å²) in [5, 5.41) is 5.05. The standard InChI is InChI=1S/C46H29N3S/c1-3-12-30(13-4-1)41-26-35(27-42(48-41)31-14-5-2-6-15-31)49-43-22-21-33(32-16-11-17-34(24-32)40-19-9-10-23-47-40)25-37(43)38-28-39-36-18-7-8-20-45(36)50-46(39)29-44(38)49/h1-29H. The van der Waals surface area contributed by atoms with E-state index < -0.39 is 0 Å². The van der Waals surface area contributed by atoms with E-state index in [1.54, 1.807) is 0 Å². The highest BCUT2D eigenvalue weighted by Crippen LogP contribution is 2.42. The zero-order chi connectivity index (χ0) is 33.0. The van der Waals surface area contributed by atoms with Crippen molar-refractivity contribution in [3.63, 3.8) is 0 Å². The van der Waals surface area contributed by atoms with Gasteiger partial charge < -0.3 is 4.57 Å². The normalized spacial score (nSPS) is 11.6. The first-order valence-corrected chi connectivity index (χ1v) is 17.6. The Labute approximate surface area is 293 Å². The van der Waals surface area contributed by atoms with Crippen LogP contribution in [0.3, 0.4) is 0 Å². The molecular formula is C46H29N3S. The van der Waals surface area contributed by atoms with Gasteiger partial charge in [-0.1, -0.05) is 109 Å². The monoisotopic (exact) mass is 655 g/mol. The van der Waals surface area contributed by atoms with Crippen LogP contribution in [-0.2, 0) is 0 Å². The van der Waals surface area contributed by atoms with Crippen LogP contribution in [0, 0.1) is 0 Å². The quantitative estimate of drug-likeness (QED) is 0.185. The third-order valence-corrected chi connectivity index (χ3v) is 10.8. The molecule has 10 aromatic rings. The zero-order valence-electron chi connectivity index (χ0n) is 27.0. The van der Waals surface area contributed by atoms with Gasteiger partial charge in [-0.3, -0.25) is 4.98 Å². The number of aromatic nitrogens is 3. The van der Waals surface area contributed by atoms with E-state index in [-0.39, 0.29) is 0 Å². The molecule has 4 aromatic heterocycles. The van der Waals surface area contributed by atoms with E-state index in [1.807, 2.05) is 29.7 Å². The first-order chi connectivity index (χ1) is 24.8. The molecule has 4 heteroatoms.